The lowest BCUT2D eigenvalue weighted by atomic mass is 10.1. The van der Waals surface area contributed by atoms with Crippen molar-refractivity contribution < 1.29 is 14.3 Å². The summed E-state index contributed by atoms with van der Waals surface area (Å²) in [5.74, 6) is 10.0. The van der Waals surface area contributed by atoms with Crippen LogP contribution in [0.15, 0.2) is 19.9 Å². The molecule has 12 nitrogen and oxygen atoms in total. The number of aromatic nitrogens is 3. The van der Waals surface area contributed by atoms with Gasteiger partial charge in [-0.15, -0.1) is 0 Å². The van der Waals surface area contributed by atoms with Crippen LogP contribution in [-0.2, 0) is 14.3 Å². The number of fused-ring (bicyclic) bond motifs is 1. The van der Waals surface area contributed by atoms with E-state index in [2.05, 4.69) is 15.3 Å². The van der Waals surface area contributed by atoms with Gasteiger partial charge in [0.2, 0.25) is 0 Å². The maximum atomic E-state index is 12.5. The molecule has 3 heterocycles. The van der Waals surface area contributed by atoms with Gasteiger partial charge < -0.3 is 21.2 Å². The maximum Gasteiger partial charge on any atom is 0.311 e. The molecule has 0 amide bonds. The fourth-order valence-corrected chi connectivity index (χ4v) is 3.99. The van der Waals surface area contributed by atoms with E-state index in [-0.39, 0.29) is 22.4 Å². The molecule has 2 aromatic heterocycles. The highest BCUT2D eigenvalue weighted by Crippen LogP contribution is 2.33. The van der Waals surface area contributed by atoms with Gasteiger partial charge in [0.1, 0.15) is 17.0 Å². The van der Waals surface area contributed by atoms with E-state index < -0.39 is 28.7 Å². The molecule has 1 fully saturated rings. The van der Waals surface area contributed by atoms with Crippen molar-refractivity contribution in [2.24, 2.45) is 16.2 Å². The van der Waals surface area contributed by atoms with Crippen LogP contribution in [0.3, 0.4) is 0 Å². The smallest absolute Gasteiger partial charge is 0.311 e. The maximum absolute atomic E-state index is 12.5. The fraction of sp³-hybridized carbons (Fsp3) is 0.571. The first-order valence-electron chi connectivity index (χ1n) is 8.24. The lowest BCUT2D eigenvalue weighted by molar-refractivity contribution is -0.156. The molecule has 0 aliphatic carbocycles. The van der Waals surface area contributed by atoms with Crippen LogP contribution < -0.4 is 22.1 Å². The first-order valence-corrected chi connectivity index (χ1v) is 9.05. The zero-order valence-electron chi connectivity index (χ0n) is 14.7. The molecule has 3 rings (SSSR count). The van der Waals surface area contributed by atoms with Crippen molar-refractivity contribution in [1.82, 2.24) is 14.2 Å². The Labute approximate surface area is 156 Å². The Morgan fingerprint density at radius 3 is 2.85 bits per heavy atom. The summed E-state index contributed by atoms with van der Waals surface area (Å²) >= 11 is 0.722. The Morgan fingerprint density at radius 2 is 2.22 bits per heavy atom. The van der Waals surface area contributed by atoms with Gasteiger partial charge in [-0.25, -0.2) is 0 Å². The number of carbonyl (C=O) groups is 1. The predicted octanol–water partition coefficient (Wildman–Crippen LogP) is 0.310. The van der Waals surface area contributed by atoms with Gasteiger partial charge in [0.05, 0.1) is 6.10 Å². The second kappa shape index (κ2) is 7.44. The number of rotatable bonds is 5. The van der Waals surface area contributed by atoms with Crippen molar-refractivity contribution >= 4 is 33.6 Å². The Morgan fingerprint density at radius 1 is 1.48 bits per heavy atom. The molecule has 1 saturated heterocycles. The normalized spacial score (nSPS) is 21.1. The third-order valence-electron chi connectivity index (χ3n) is 4.25. The minimum atomic E-state index is -0.649. The Bertz CT molecular complexity index is 1010. The fourth-order valence-electron chi connectivity index (χ4n) is 3.09. The lowest BCUT2D eigenvalue weighted by Crippen LogP contribution is -2.31. The van der Waals surface area contributed by atoms with E-state index in [1.165, 1.54) is 11.5 Å². The largest absolute Gasteiger partial charge is 0.460 e. The number of hydrogen-bond acceptors (Lipinski definition) is 10. The van der Waals surface area contributed by atoms with Crippen molar-refractivity contribution in [2.45, 2.75) is 51.5 Å². The van der Waals surface area contributed by atoms with Gasteiger partial charge in [-0.05, 0) is 19.3 Å². The zero-order chi connectivity index (χ0) is 19.7. The molecule has 0 radical (unpaired) electrons. The lowest BCUT2D eigenvalue weighted by Gasteiger charge is -2.22. The summed E-state index contributed by atoms with van der Waals surface area (Å²) in [6, 6.07) is 0. The van der Waals surface area contributed by atoms with Crippen LogP contribution in [0.25, 0.3) is 10.3 Å². The van der Waals surface area contributed by atoms with Gasteiger partial charge in [0.25, 0.3) is 11.5 Å². The number of ether oxygens (including phenoxy) is 2. The number of thiazole rings is 1. The van der Waals surface area contributed by atoms with E-state index in [0.717, 1.165) is 11.3 Å². The molecule has 1 aliphatic rings. The number of nitrogens with two attached hydrogens (primary N) is 2. The van der Waals surface area contributed by atoms with Gasteiger partial charge in [-0.3, -0.25) is 19.0 Å². The molecular weight excluding hydrogens is 378 g/mol. The molecule has 13 heteroatoms. The van der Waals surface area contributed by atoms with Gasteiger partial charge in [0.15, 0.2) is 5.65 Å². The number of nitrogen functional groups attached to an aromatic ring is 1. The van der Waals surface area contributed by atoms with Crippen LogP contribution in [0.1, 0.15) is 39.3 Å². The third-order valence-corrected chi connectivity index (χ3v) is 5.18. The van der Waals surface area contributed by atoms with Gasteiger partial charge in [-0.1, -0.05) is 28.6 Å². The van der Waals surface area contributed by atoms with Crippen molar-refractivity contribution in [2.75, 3.05) is 5.84 Å². The molecule has 146 valence electrons. The zero-order valence-corrected chi connectivity index (χ0v) is 15.5. The quantitative estimate of drug-likeness (QED) is 0.314. The van der Waals surface area contributed by atoms with E-state index in [4.69, 9.17) is 21.2 Å². The molecule has 0 bridgehead atoms. The predicted molar refractivity (Wildman–Crippen MR) is 96.0 cm³/mol. The van der Waals surface area contributed by atoms with Crippen LogP contribution in [0, 0.1) is 0 Å². The molecule has 1 unspecified atom stereocenters. The van der Waals surface area contributed by atoms with Gasteiger partial charge >= 0.3 is 10.8 Å². The average Bonchev–Trinajstić information content (AvgIpc) is 3.21. The summed E-state index contributed by atoms with van der Waals surface area (Å²) in [4.78, 5) is 39.8. The number of esters is 1. The first kappa shape index (κ1) is 19.0. The van der Waals surface area contributed by atoms with Crippen LogP contribution in [0.4, 0.5) is 5.95 Å². The van der Waals surface area contributed by atoms with Crippen LogP contribution in [-0.4, -0.2) is 32.4 Å². The second-order valence-corrected chi connectivity index (χ2v) is 6.92. The topological polar surface area (TPSA) is 169 Å². The molecule has 4 N–H and O–H groups in total. The third kappa shape index (κ3) is 3.42. The highest BCUT2D eigenvalue weighted by atomic mass is 32.1. The number of hydrogen-bond donors (Lipinski definition) is 2. The molecular formula is C14H19N7O5S. The van der Waals surface area contributed by atoms with Crippen molar-refractivity contribution in [3.05, 3.63) is 20.0 Å². The average molecular weight is 397 g/mol. The monoisotopic (exact) mass is 397 g/mol. The number of carbonyl (C=O) groups excluding carboxylic acids is 1. The van der Waals surface area contributed by atoms with Crippen LogP contribution in [0.2, 0.25) is 0 Å². The van der Waals surface area contributed by atoms with E-state index in [1.807, 2.05) is 6.92 Å². The highest BCUT2D eigenvalue weighted by Gasteiger charge is 2.35. The summed E-state index contributed by atoms with van der Waals surface area (Å²) in [7, 11) is 0. The first-order chi connectivity index (χ1) is 12.9. The van der Waals surface area contributed by atoms with Crippen molar-refractivity contribution in [3.8, 4) is 0 Å². The second-order valence-electron chi connectivity index (χ2n) is 5.96. The molecule has 0 aromatic carbocycles. The minimum Gasteiger partial charge on any atom is -0.460 e. The van der Waals surface area contributed by atoms with Gasteiger partial charge in [-0.2, -0.15) is 9.66 Å². The summed E-state index contributed by atoms with van der Waals surface area (Å²) in [6.45, 7) is 3.22. The highest BCUT2D eigenvalue weighted by molar-refractivity contribution is 7.16. The summed E-state index contributed by atoms with van der Waals surface area (Å²) < 4.78 is 13.3. The standard InChI is InChI=1S/C14H19N7O5S/c1-3-7(25-6(2)22)8-4-5-9(26-8)20-11-10(27-14(20)24)12(23)21(16)13(17-11)18-19-15/h7-9H,3-5,16H2,1-2H3,(H2,15,17,18)/t7?,8-,9+/m0/s1. The summed E-state index contributed by atoms with van der Waals surface area (Å²) in [5.41, 5.74) is -0.533. The van der Waals surface area contributed by atoms with E-state index in [1.54, 1.807) is 0 Å². The van der Waals surface area contributed by atoms with E-state index in [0.29, 0.717) is 23.9 Å². The SMILES string of the molecule is CCC(OC(C)=O)[C@@H]1CC[C@H](n2c(=O)sc3c(=O)n(N)c(N=NN)nc32)O1. The Balaban J connectivity index is 2.00. The molecule has 0 spiro atoms. The molecule has 27 heavy (non-hydrogen) atoms. The van der Waals surface area contributed by atoms with Crippen LogP contribution >= 0.6 is 11.3 Å². The molecule has 2 aromatic rings. The van der Waals surface area contributed by atoms with Crippen molar-refractivity contribution in [1.29, 1.82) is 0 Å². The Hall–Kier alpha value is -2.80. The minimum absolute atomic E-state index is 0.0811. The number of nitrogens with zero attached hydrogens (tertiary/aromatic N) is 5. The van der Waals surface area contributed by atoms with Gasteiger partial charge in [0, 0.05) is 6.92 Å². The molecule has 1 aliphatic heterocycles. The van der Waals surface area contributed by atoms with Crippen LogP contribution in [0.5, 0.6) is 0 Å². The summed E-state index contributed by atoms with van der Waals surface area (Å²) in [5, 5.41) is 6.59. The van der Waals surface area contributed by atoms with Crippen molar-refractivity contribution in [3.63, 3.8) is 0 Å². The van der Waals surface area contributed by atoms with E-state index >= 15 is 0 Å². The molecule has 3 atom stereocenters. The molecule has 0 saturated carbocycles. The van der Waals surface area contributed by atoms with E-state index in [9.17, 15) is 14.4 Å². The Kier molecular flexibility index (Phi) is 5.23. The summed E-state index contributed by atoms with van der Waals surface area (Å²) in [6.07, 6.45) is 0.239.